The molecule has 2 heterocycles. The van der Waals surface area contributed by atoms with Crippen molar-refractivity contribution in [3.05, 3.63) is 64.7 Å². The van der Waals surface area contributed by atoms with Gasteiger partial charge in [-0.1, -0.05) is 23.2 Å². The number of hydrogen-bond donors (Lipinski definition) is 0. The van der Waals surface area contributed by atoms with Gasteiger partial charge < -0.3 is 14.4 Å². The molecule has 0 N–H and O–H groups in total. The molecule has 0 spiro atoms. The quantitative estimate of drug-likeness (QED) is 0.407. The zero-order valence-electron chi connectivity index (χ0n) is 21.4. The molecule has 0 radical (unpaired) electrons. The molecule has 1 amide bonds. The molecule has 1 fully saturated rings. The van der Waals surface area contributed by atoms with Gasteiger partial charge in [0.05, 0.1) is 24.2 Å². The number of benzene rings is 2. The molecule has 11 nitrogen and oxygen atoms in total. The Morgan fingerprint density at radius 3 is 2.49 bits per heavy atom. The van der Waals surface area contributed by atoms with Gasteiger partial charge in [-0.05, 0) is 57.2 Å². The highest BCUT2D eigenvalue weighted by atomic mass is 35.5. The van der Waals surface area contributed by atoms with Crippen LogP contribution in [0.5, 0.6) is 11.5 Å². The summed E-state index contributed by atoms with van der Waals surface area (Å²) >= 11 is 12.2. The van der Waals surface area contributed by atoms with Crippen LogP contribution in [0.1, 0.15) is 26.3 Å². The first-order chi connectivity index (χ1) is 18.4. The van der Waals surface area contributed by atoms with Crippen LogP contribution in [0, 0.1) is 11.3 Å². The van der Waals surface area contributed by atoms with Crippen LogP contribution >= 0.6 is 23.2 Å². The van der Waals surface area contributed by atoms with Crippen molar-refractivity contribution in [2.75, 3.05) is 19.6 Å². The zero-order chi connectivity index (χ0) is 28.4. The van der Waals surface area contributed by atoms with Crippen LogP contribution in [0.3, 0.4) is 0 Å². The van der Waals surface area contributed by atoms with Crippen molar-refractivity contribution in [2.24, 2.45) is 0 Å². The minimum atomic E-state index is -4.25. The maximum Gasteiger partial charge on any atom is 0.410 e. The summed E-state index contributed by atoms with van der Waals surface area (Å²) in [5.41, 5.74) is -0.584. The van der Waals surface area contributed by atoms with E-state index in [1.165, 1.54) is 62.9 Å². The van der Waals surface area contributed by atoms with Gasteiger partial charge in [-0.25, -0.2) is 18.2 Å². The molecule has 3 aromatic rings. The standard InChI is InChI=1S/C25H26Cl2N6O5S/c1-25(2,3)38-24(34)31-6-7-33(20(13-31)14-32-16-29-15-30-32)39(35,36)23-8-17(12-28)4-5-22(23)37-21-10-18(26)9-19(27)11-21/h4-5,8-11,15-16,20H,6-7,13-14H2,1-3H3. The highest BCUT2D eigenvalue weighted by Gasteiger charge is 2.40. The van der Waals surface area contributed by atoms with Gasteiger partial charge in [-0.15, -0.1) is 0 Å². The largest absolute Gasteiger partial charge is 0.456 e. The van der Waals surface area contributed by atoms with Crippen molar-refractivity contribution in [2.45, 2.75) is 43.9 Å². The predicted octanol–water partition coefficient (Wildman–Crippen LogP) is 4.56. The van der Waals surface area contributed by atoms with Gasteiger partial charge in [-0.2, -0.15) is 14.7 Å². The Kier molecular flexibility index (Phi) is 8.37. The molecule has 2 aromatic carbocycles. The summed E-state index contributed by atoms with van der Waals surface area (Å²) in [6, 6.07) is 9.87. The molecule has 1 saturated heterocycles. The predicted molar refractivity (Wildman–Crippen MR) is 143 cm³/mol. The number of halogens is 2. The summed E-state index contributed by atoms with van der Waals surface area (Å²) in [5, 5.41) is 14.2. The average Bonchev–Trinajstić information content (AvgIpc) is 3.35. The third kappa shape index (κ3) is 6.99. The zero-order valence-corrected chi connectivity index (χ0v) is 23.7. The number of rotatable bonds is 6. The van der Waals surface area contributed by atoms with Crippen molar-refractivity contribution in [3.8, 4) is 17.6 Å². The number of piperazine rings is 1. The molecule has 1 aliphatic rings. The van der Waals surface area contributed by atoms with E-state index in [0.717, 1.165) is 0 Å². The van der Waals surface area contributed by atoms with Crippen LogP contribution in [0.15, 0.2) is 53.9 Å². The second kappa shape index (κ2) is 11.4. The van der Waals surface area contributed by atoms with Gasteiger partial charge >= 0.3 is 6.09 Å². The Morgan fingerprint density at radius 2 is 1.87 bits per heavy atom. The van der Waals surface area contributed by atoms with Crippen LogP contribution in [-0.4, -0.2) is 69.8 Å². The molecule has 1 aliphatic heterocycles. The minimum Gasteiger partial charge on any atom is -0.456 e. The Hall–Kier alpha value is -3.37. The minimum absolute atomic E-state index is 0.0126. The number of nitriles is 1. The fraction of sp³-hybridized carbons (Fsp3) is 0.360. The second-order valence-corrected chi connectivity index (χ2v) is 12.5. The summed E-state index contributed by atoms with van der Waals surface area (Å²) in [6.45, 7) is 5.52. The van der Waals surface area contributed by atoms with E-state index < -0.39 is 27.8 Å². The topological polar surface area (TPSA) is 131 Å². The maximum atomic E-state index is 14.1. The first-order valence-corrected chi connectivity index (χ1v) is 14.1. The number of sulfonamides is 1. The lowest BCUT2D eigenvalue weighted by molar-refractivity contribution is 0.0118. The number of aromatic nitrogens is 3. The van der Waals surface area contributed by atoms with E-state index >= 15 is 0 Å². The molecule has 1 aromatic heterocycles. The third-order valence-corrected chi connectivity index (χ3v) is 8.08. The lowest BCUT2D eigenvalue weighted by Gasteiger charge is -2.40. The van der Waals surface area contributed by atoms with E-state index in [-0.39, 0.29) is 48.1 Å². The van der Waals surface area contributed by atoms with E-state index in [2.05, 4.69) is 10.1 Å². The first-order valence-electron chi connectivity index (χ1n) is 11.9. The first kappa shape index (κ1) is 28.6. The van der Waals surface area contributed by atoms with Crippen molar-refractivity contribution in [3.63, 3.8) is 0 Å². The number of ether oxygens (including phenoxy) is 2. The average molecular weight is 593 g/mol. The molecule has 0 bridgehead atoms. The summed E-state index contributed by atoms with van der Waals surface area (Å²) in [6.07, 6.45) is 2.26. The van der Waals surface area contributed by atoms with Gasteiger partial charge in [0, 0.05) is 29.7 Å². The van der Waals surface area contributed by atoms with Crippen molar-refractivity contribution >= 4 is 39.3 Å². The Bertz CT molecular complexity index is 1480. The molecule has 0 saturated carbocycles. The normalized spacial score (nSPS) is 16.5. The van der Waals surface area contributed by atoms with Crippen LogP contribution < -0.4 is 4.74 Å². The van der Waals surface area contributed by atoms with Gasteiger partial charge in [0.2, 0.25) is 10.0 Å². The number of carbonyl (C=O) groups is 1. The molecule has 206 valence electrons. The molecular formula is C25H26Cl2N6O5S. The molecule has 4 rings (SSSR count). The number of nitrogens with zero attached hydrogens (tertiary/aromatic N) is 6. The number of carbonyl (C=O) groups excluding carboxylic acids is 1. The Morgan fingerprint density at radius 1 is 1.15 bits per heavy atom. The monoisotopic (exact) mass is 592 g/mol. The van der Waals surface area contributed by atoms with E-state index in [1.807, 2.05) is 6.07 Å². The highest BCUT2D eigenvalue weighted by molar-refractivity contribution is 7.89. The van der Waals surface area contributed by atoms with Crippen LogP contribution in [0.25, 0.3) is 0 Å². The molecular weight excluding hydrogens is 567 g/mol. The van der Waals surface area contributed by atoms with E-state index in [1.54, 1.807) is 20.8 Å². The number of amides is 1. The third-order valence-electron chi connectivity index (χ3n) is 5.67. The summed E-state index contributed by atoms with van der Waals surface area (Å²) < 4.78 is 42.5. The fourth-order valence-corrected chi connectivity index (χ4v) is 6.29. The highest BCUT2D eigenvalue weighted by Crippen LogP contribution is 2.35. The van der Waals surface area contributed by atoms with Gasteiger partial charge in [0.15, 0.2) is 0 Å². The summed E-state index contributed by atoms with van der Waals surface area (Å²) in [4.78, 5) is 18.0. The van der Waals surface area contributed by atoms with Gasteiger partial charge in [0.1, 0.15) is 34.7 Å². The maximum absolute atomic E-state index is 14.1. The fourth-order valence-electron chi connectivity index (χ4n) is 4.04. The Labute approximate surface area is 236 Å². The summed E-state index contributed by atoms with van der Waals surface area (Å²) in [5.74, 6) is 0.212. The van der Waals surface area contributed by atoms with Gasteiger partial charge in [-0.3, -0.25) is 4.68 Å². The van der Waals surface area contributed by atoms with Crippen molar-refractivity contribution in [1.29, 1.82) is 5.26 Å². The van der Waals surface area contributed by atoms with Crippen molar-refractivity contribution in [1.82, 2.24) is 24.0 Å². The lowest BCUT2D eigenvalue weighted by Crippen LogP contribution is -2.58. The van der Waals surface area contributed by atoms with E-state index in [0.29, 0.717) is 10.0 Å². The molecule has 14 heteroatoms. The van der Waals surface area contributed by atoms with Crippen LogP contribution in [0.2, 0.25) is 10.0 Å². The molecule has 39 heavy (non-hydrogen) atoms. The smallest absolute Gasteiger partial charge is 0.410 e. The molecule has 0 aliphatic carbocycles. The molecule has 1 unspecified atom stereocenters. The Balaban J connectivity index is 1.71. The van der Waals surface area contributed by atoms with E-state index in [4.69, 9.17) is 32.7 Å². The SMILES string of the molecule is CC(C)(C)OC(=O)N1CCN(S(=O)(=O)c2cc(C#N)ccc2Oc2cc(Cl)cc(Cl)c2)C(Cn2cncn2)C1. The lowest BCUT2D eigenvalue weighted by atomic mass is 10.2. The van der Waals surface area contributed by atoms with Crippen LogP contribution in [0.4, 0.5) is 4.79 Å². The van der Waals surface area contributed by atoms with E-state index in [9.17, 15) is 18.5 Å². The molecule has 1 atom stereocenters. The second-order valence-electron chi connectivity index (χ2n) is 9.79. The van der Waals surface area contributed by atoms with Crippen molar-refractivity contribution < 1.29 is 22.7 Å². The number of hydrogen-bond acceptors (Lipinski definition) is 8. The van der Waals surface area contributed by atoms with Crippen LogP contribution in [-0.2, 0) is 21.3 Å². The van der Waals surface area contributed by atoms with Gasteiger partial charge in [0.25, 0.3) is 0 Å². The summed E-state index contributed by atoms with van der Waals surface area (Å²) in [7, 11) is -4.25.